The predicted octanol–water partition coefficient (Wildman–Crippen LogP) is 1.88. The van der Waals surface area contributed by atoms with E-state index in [0.717, 1.165) is 24.3 Å². The third-order valence-electron chi connectivity index (χ3n) is 2.20. The monoisotopic (exact) mass is 237 g/mol. The van der Waals surface area contributed by atoms with Crippen molar-refractivity contribution in [1.29, 1.82) is 0 Å². The molecule has 0 aliphatic carbocycles. The molecule has 1 heterocycles. The van der Waals surface area contributed by atoms with Crippen molar-refractivity contribution in [3.05, 3.63) is 18.5 Å². The molecule has 0 atom stereocenters. The number of carbonyl (C=O) groups excluding carboxylic acids is 1. The maximum absolute atomic E-state index is 10.9. The van der Waals surface area contributed by atoms with E-state index >= 15 is 0 Å². The zero-order chi connectivity index (χ0) is 12.5. The standard InChI is InChI=1S/C12H19N3O2/c1-3-5-14-10-7-11(9-13-8-10)15-6-4-12(16)17-2/h7-9,14-15H,3-6H2,1-2H3. The van der Waals surface area contributed by atoms with E-state index in [4.69, 9.17) is 0 Å². The second-order valence-corrected chi connectivity index (χ2v) is 3.64. The number of pyridine rings is 1. The molecule has 0 saturated heterocycles. The first kappa shape index (κ1) is 13.3. The van der Waals surface area contributed by atoms with Gasteiger partial charge in [-0.1, -0.05) is 6.92 Å². The average molecular weight is 237 g/mol. The van der Waals surface area contributed by atoms with Crippen LogP contribution in [0.2, 0.25) is 0 Å². The molecule has 0 radical (unpaired) electrons. The molecule has 0 saturated carbocycles. The Morgan fingerprint density at radius 1 is 1.29 bits per heavy atom. The minimum atomic E-state index is -0.217. The SMILES string of the molecule is CCCNc1cncc(NCCC(=O)OC)c1. The van der Waals surface area contributed by atoms with Gasteiger partial charge in [-0.25, -0.2) is 0 Å². The van der Waals surface area contributed by atoms with Crippen molar-refractivity contribution in [2.75, 3.05) is 30.8 Å². The van der Waals surface area contributed by atoms with Crippen molar-refractivity contribution in [2.24, 2.45) is 0 Å². The second-order valence-electron chi connectivity index (χ2n) is 3.64. The molecule has 2 N–H and O–H groups in total. The van der Waals surface area contributed by atoms with Gasteiger partial charge in [0.15, 0.2) is 0 Å². The number of nitrogens with zero attached hydrogens (tertiary/aromatic N) is 1. The maximum Gasteiger partial charge on any atom is 0.307 e. The van der Waals surface area contributed by atoms with Crippen LogP contribution in [0.25, 0.3) is 0 Å². The molecule has 0 aliphatic rings. The summed E-state index contributed by atoms with van der Waals surface area (Å²) in [5, 5.41) is 6.37. The molecule has 17 heavy (non-hydrogen) atoms. The van der Waals surface area contributed by atoms with Crippen molar-refractivity contribution in [1.82, 2.24) is 4.98 Å². The Bertz CT molecular complexity index is 355. The van der Waals surface area contributed by atoms with Gasteiger partial charge in [0.05, 0.1) is 37.3 Å². The van der Waals surface area contributed by atoms with Gasteiger partial charge < -0.3 is 15.4 Å². The molecule has 0 bridgehead atoms. The van der Waals surface area contributed by atoms with E-state index in [-0.39, 0.29) is 5.97 Å². The molecule has 5 heteroatoms. The molecule has 1 aromatic heterocycles. The lowest BCUT2D eigenvalue weighted by atomic mass is 10.3. The second kappa shape index (κ2) is 7.49. The fourth-order valence-electron chi connectivity index (χ4n) is 1.31. The van der Waals surface area contributed by atoms with Crippen molar-refractivity contribution in [3.63, 3.8) is 0 Å². The Balaban J connectivity index is 2.40. The zero-order valence-corrected chi connectivity index (χ0v) is 10.3. The molecule has 5 nitrogen and oxygen atoms in total. The van der Waals surface area contributed by atoms with Gasteiger partial charge in [-0.3, -0.25) is 9.78 Å². The van der Waals surface area contributed by atoms with Gasteiger partial charge in [0.25, 0.3) is 0 Å². The van der Waals surface area contributed by atoms with Crippen LogP contribution in [-0.4, -0.2) is 31.2 Å². The highest BCUT2D eigenvalue weighted by molar-refractivity contribution is 5.70. The maximum atomic E-state index is 10.9. The minimum Gasteiger partial charge on any atom is -0.469 e. The van der Waals surface area contributed by atoms with Crippen LogP contribution >= 0.6 is 0 Å². The van der Waals surface area contributed by atoms with Crippen molar-refractivity contribution in [3.8, 4) is 0 Å². The first-order valence-corrected chi connectivity index (χ1v) is 5.76. The number of aromatic nitrogens is 1. The molecular formula is C12H19N3O2. The van der Waals surface area contributed by atoms with Gasteiger partial charge in [0, 0.05) is 13.1 Å². The molecule has 0 fully saturated rings. The van der Waals surface area contributed by atoms with Gasteiger partial charge in [-0.15, -0.1) is 0 Å². The van der Waals surface area contributed by atoms with E-state index in [1.54, 1.807) is 12.4 Å². The molecule has 0 aliphatic heterocycles. The highest BCUT2D eigenvalue weighted by atomic mass is 16.5. The number of nitrogens with one attached hydrogen (secondary N) is 2. The normalized spacial score (nSPS) is 9.76. The lowest BCUT2D eigenvalue weighted by Gasteiger charge is -2.08. The van der Waals surface area contributed by atoms with Gasteiger partial charge in [0.2, 0.25) is 0 Å². The lowest BCUT2D eigenvalue weighted by Crippen LogP contribution is -2.10. The molecule has 0 aromatic carbocycles. The molecule has 0 spiro atoms. The smallest absolute Gasteiger partial charge is 0.307 e. The largest absolute Gasteiger partial charge is 0.469 e. The van der Waals surface area contributed by atoms with Gasteiger partial charge >= 0.3 is 5.97 Å². The number of carbonyl (C=O) groups is 1. The molecule has 0 amide bonds. The fraction of sp³-hybridized carbons (Fsp3) is 0.500. The van der Waals surface area contributed by atoms with Crippen molar-refractivity contribution in [2.45, 2.75) is 19.8 Å². The quantitative estimate of drug-likeness (QED) is 0.709. The number of methoxy groups -OCH3 is 1. The summed E-state index contributed by atoms with van der Waals surface area (Å²) in [6.45, 7) is 3.58. The van der Waals surface area contributed by atoms with Crippen LogP contribution in [0.3, 0.4) is 0 Å². The van der Waals surface area contributed by atoms with Crippen molar-refractivity contribution >= 4 is 17.3 Å². The summed E-state index contributed by atoms with van der Waals surface area (Å²) in [4.78, 5) is 15.0. The van der Waals surface area contributed by atoms with E-state index in [2.05, 4.69) is 27.3 Å². The number of anilines is 2. The average Bonchev–Trinajstić information content (AvgIpc) is 2.36. The molecular weight excluding hydrogens is 218 g/mol. The number of hydrogen-bond acceptors (Lipinski definition) is 5. The Hall–Kier alpha value is -1.78. The summed E-state index contributed by atoms with van der Waals surface area (Å²) >= 11 is 0. The summed E-state index contributed by atoms with van der Waals surface area (Å²) in [6, 6.07) is 1.97. The van der Waals surface area contributed by atoms with Gasteiger partial charge in [0.1, 0.15) is 0 Å². The molecule has 94 valence electrons. The summed E-state index contributed by atoms with van der Waals surface area (Å²) in [5.74, 6) is -0.217. The van der Waals surface area contributed by atoms with Crippen LogP contribution in [0.1, 0.15) is 19.8 Å². The first-order chi connectivity index (χ1) is 8.26. The van der Waals surface area contributed by atoms with Crippen LogP contribution in [-0.2, 0) is 9.53 Å². The predicted molar refractivity (Wildman–Crippen MR) is 68.1 cm³/mol. The van der Waals surface area contributed by atoms with E-state index in [0.29, 0.717) is 13.0 Å². The van der Waals surface area contributed by atoms with Crippen LogP contribution in [0.5, 0.6) is 0 Å². The topological polar surface area (TPSA) is 63.2 Å². The Morgan fingerprint density at radius 3 is 2.53 bits per heavy atom. The van der Waals surface area contributed by atoms with Crippen LogP contribution in [0.4, 0.5) is 11.4 Å². The molecule has 0 unspecified atom stereocenters. The summed E-state index contributed by atoms with van der Waals surface area (Å²) < 4.78 is 4.56. The third-order valence-corrected chi connectivity index (χ3v) is 2.20. The van der Waals surface area contributed by atoms with Crippen molar-refractivity contribution < 1.29 is 9.53 Å². The van der Waals surface area contributed by atoms with Gasteiger partial charge in [-0.05, 0) is 12.5 Å². The third kappa shape index (κ3) is 5.19. The van der Waals surface area contributed by atoms with Crippen LogP contribution in [0.15, 0.2) is 18.5 Å². The Kier molecular flexibility index (Phi) is 5.85. The minimum absolute atomic E-state index is 0.217. The fourth-order valence-corrected chi connectivity index (χ4v) is 1.31. The summed E-state index contributed by atoms with van der Waals surface area (Å²) in [5.41, 5.74) is 1.88. The zero-order valence-electron chi connectivity index (χ0n) is 10.3. The first-order valence-electron chi connectivity index (χ1n) is 5.76. The number of rotatable bonds is 7. The van der Waals surface area contributed by atoms with Crippen LogP contribution in [0, 0.1) is 0 Å². The lowest BCUT2D eigenvalue weighted by molar-refractivity contribution is -0.140. The number of hydrogen-bond donors (Lipinski definition) is 2. The molecule has 1 aromatic rings. The van der Waals surface area contributed by atoms with E-state index in [1.807, 2.05) is 6.07 Å². The Morgan fingerprint density at radius 2 is 1.94 bits per heavy atom. The number of ether oxygens (including phenoxy) is 1. The Labute approximate surface area is 102 Å². The van der Waals surface area contributed by atoms with Gasteiger partial charge in [-0.2, -0.15) is 0 Å². The highest BCUT2D eigenvalue weighted by Crippen LogP contribution is 2.12. The molecule has 1 rings (SSSR count). The van der Waals surface area contributed by atoms with Crippen LogP contribution < -0.4 is 10.6 Å². The van der Waals surface area contributed by atoms with E-state index in [9.17, 15) is 4.79 Å². The summed E-state index contributed by atoms with van der Waals surface area (Å²) in [6.07, 6.45) is 4.93. The van der Waals surface area contributed by atoms with E-state index in [1.165, 1.54) is 7.11 Å². The number of esters is 1. The van der Waals surface area contributed by atoms with E-state index < -0.39 is 0 Å². The summed E-state index contributed by atoms with van der Waals surface area (Å²) in [7, 11) is 1.39. The highest BCUT2D eigenvalue weighted by Gasteiger charge is 2.00.